The minimum Gasteiger partial charge on any atom is -0.437 e. The molecule has 0 unspecified atom stereocenters. The third-order valence-electron chi connectivity index (χ3n) is 2.73. The smallest absolute Gasteiger partial charge is 0.417 e. The molecule has 0 fully saturated rings. The van der Waals surface area contributed by atoms with E-state index in [9.17, 15) is 13.2 Å². The molecule has 22 heavy (non-hydrogen) atoms. The first-order chi connectivity index (χ1) is 10.3. The number of fused-ring (bicyclic) bond motifs is 1. The van der Waals surface area contributed by atoms with Crippen LogP contribution in [0, 0.1) is 0 Å². The van der Waals surface area contributed by atoms with Gasteiger partial charge in [-0.2, -0.15) is 13.2 Å². The lowest BCUT2D eigenvalue weighted by atomic mass is 10.3. The van der Waals surface area contributed by atoms with Crippen molar-refractivity contribution in [2.45, 2.75) is 6.18 Å². The number of nitrogens with zero attached hydrogens (tertiary/aromatic N) is 2. The number of pyridine rings is 1. The summed E-state index contributed by atoms with van der Waals surface area (Å²) in [5.74, 6) is 0.275. The SMILES string of the molecule is Nc1nc2ccc(Oc3ncc(C(F)(F)F)cc3Cl)cc2s1. The largest absolute Gasteiger partial charge is 0.437 e. The van der Waals surface area contributed by atoms with E-state index < -0.39 is 11.7 Å². The minimum atomic E-state index is -4.51. The fourth-order valence-electron chi connectivity index (χ4n) is 1.75. The van der Waals surface area contributed by atoms with Crippen molar-refractivity contribution in [1.82, 2.24) is 9.97 Å². The van der Waals surface area contributed by atoms with Gasteiger partial charge in [-0.3, -0.25) is 0 Å². The number of aromatic nitrogens is 2. The zero-order valence-corrected chi connectivity index (χ0v) is 12.3. The van der Waals surface area contributed by atoms with Crippen LogP contribution in [0.5, 0.6) is 11.6 Å². The van der Waals surface area contributed by atoms with Crippen molar-refractivity contribution in [1.29, 1.82) is 0 Å². The molecule has 2 heterocycles. The van der Waals surface area contributed by atoms with Gasteiger partial charge in [0.1, 0.15) is 10.8 Å². The van der Waals surface area contributed by atoms with E-state index in [0.717, 1.165) is 10.8 Å². The second-order valence-electron chi connectivity index (χ2n) is 4.29. The Balaban J connectivity index is 1.91. The zero-order chi connectivity index (χ0) is 15.9. The predicted octanol–water partition coefficient (Wildman–Crippen LogP) is 4.74. The van der Waals surface area contributed by atoms with Crippen LogP contribution in [0.1, 0.15) is 5.56 Å². The summed E-state index contributed by atoms with van der Waals surface area (Å²) in [5.41, 5.74) is 5.38. The summed E-state index contributed by atoms with van der Waals surface area (Å²) in [7, 11) is 0. The van der Waals surface area contributed by atoms with Crippen molar-refractivity contribution in [2.24, 2.45) is 0 Å². The summed E-state index contributed by atoms with van der Waals surface area (Å²) in [6.45, 7) is 0. The molecule has 4 nitrogen and oxygen atoms in total. The van der Waals surface area contributed by atoms with Crippen molar-refractivity contribution in [3.8, 4) is 11.6 Å². The van der Waals surface area contributed by atoms with Gasteiger partial charge in [-0.1, -0.05) is 22.9 Å². The van der Waals surface area contributed by atoms with E-state index in [1.54, 1.807) is 18.2 Å². The molecular weight excluding hydrogens is 339 g/mol. The first-order valence-corrected chi connectivity index (χ1v) is 7.09. The molecule has 9 heteroatoms. The van der Waals surface area contributed by atoms with Crippen molar-refractivity contribution in [2.75, 3.05) is 5.73 Å². The maximum Gasteiger partial charge on any atom is 0.417 e. The van der Waals surface area contributed by atoms with Gasteiger partial charge < -0.3 is 10.5 Å². The Kier molecular flexibility index (Phi) is 3.57. The number of nitrogen functional groups attached to an aromatic ring is 1. The molecule has 2 aromatic heterocycles. The summed E-state index contributed by atoms with van der Waals surface area (Å²) in [6.07, 6.45) is -3.83. The van der Waals surface area contributed by atoms with Gasteiger partial charge in [-0.25, -0.2) is 9.97 Å². The van der Waals surface area contributed by atoms with Gasteiger partial charge in [0.2, 0.25) is 5.88 Å². The molecule has 0 saturated carbocycles. The quantitative estimate of drug-likeness (QED) is 0.728. The second kappa shape index (κ2) is 5.29. The Hall–Kier alpha value is -2.06. The topological polar surface area (TPSA) is 61.0 Å². The summed E-state index contributed by atoms with van der Waals surface area (Å²) < 4.78 is 43.9. The van der Waals surface area contributed by atoms with Crippen LogP contribution in [0.25, 0.3) is 10.2 Å². The molecule has 0 spiro atoms. The van der Waals surface area contributed by atoms with Crippen LogP contribution >= 0.6 is 22.9 Å². The molecule has 2 N–H and O–H groups in total. The number of benzene rings is 1. The van der Waals surface area contributed by atoms with E-state index in [4.69, 9.17) is 22.1 Å². The summed E-state index contributed by atoms with van der Waals surface area (Å²) in [6, 6.07) is 5.73. The van der Waals surface area contributed by atoms with Gasteiger partial charge >= 0.3 is 6.18 Å². The molecule has 0 radical (unpaired) electrons. The van der Waals surface area contributed by atoms with Crippen molar-refractivity contribution >= 4 is 38.3 Å². The average molecular weight is 346 g/mol. The number of anilines is 1. The highest BCUT2D eigenvalue weighted by atomic mass is 35.5. The molecule has 0 atom stereocenters. The Labute approximate surface area is 131 Å². The van der Waals surface area contributed by atoms with E-state index >= 15 is 0 Å². The van der Waals surface area contributed by atoms with Gasteiger partial charge in [-0.15, -0.1) is 0 Å². The number of halogens is 4. The molecule has 3 aromatic rings. The van der Waals surface area contributed by atoms with Gasteiger partial charge in [0.05, 0.1) is 15.8 Å². The standard InChI is InChI=1S/C13H7ClF3N3OS/c14-8-3-6(13(15,16)17)5-19-11(8)21-7-1-2-9-10(4-7)22-12(18)20-9/h1-5H,(H2,18,20). The van der Waals surface area contributed by atoms with Crippen molar-refractivity contribution < 1.29 is 17.9 Å². The van der Waals surface area contributed by atoms with Crippen molar-refractivity contribution in [3.05, 3.63) is 41.0 Å². The maximum absolute atomic E-state index is 12.5. The number of hydrogen-bond acceptors (Lipinski definition) is 5. The van der Waals surface area contributed by atoms with Crippen molar-refractivity contribution in [3.63, 3.8) is 0 Å². The summed E-state index contributed by atoms with van der Waals surface area (Å²) >= 11 is 7.06. The molecule has 0 aliphatic heterocycles. The Bertz CT molecular complexity index is 850. The maximum atomic E-state index is 12.5. The lowest BCUT2D eigenvalue weighted by molar-refractivity contribution is -0.137. The average Bonchev–Trinajstić information content (AvgIpc) is 2.79. The molecule has 1 aromatic carbocycles. The third kappa shape index (κ3) is 2.93. The van der Waals surface area contributed by atoms with Crippen LogP contribution in [0.4, 0.5) is 18.3 Å². The summed E-state index contributed by atoms with van der Waals surface area (Å²) in [5, 5.41) is 0.191. The lowest BCUT2D eigenvalue weighted by Crippen LogP contribution is -2.05. The van der Waals surface area contributed by atoms with E-state index in [-0.39, 0.29) is 10.9 Å². The van der Waals surface area contributed by atoms with Crippen LogP contribution in [0.3, 0.4) is 0 Å². The number of rotatable bonds is 2. The highest BCUT2D eigenvalue weighted by Crippen LogP contribution is 2.35. The van der Waals surface area contributed by atoms with Gasteiger partial charge in [0.15, 0.2) is 5.13 Å². The normalized spacial score (nSPS) is 11.8. The molecule has 0 saturated heterocycles. The Morgan fingerprint density at radius 1 is 1.23 bits per heavy atom. The minimum absolute atomic E-state index is 0.105. The van der Waals surface area contributed by atoms with Gasteiger partial charge in [0, 0.05) is 12.3 Å². The fraction of sp³-hybridized carbons (Fsp3) is 0.0769. The first-order valence-electron chi connectivity index (χ1n) is 5.89. The van der Waals surface area contributed by atoms with Crippen LogP contribution in [0.2, 0.25) is 5.02 Å². The molecule has 0 aliphatic carbocycles. The molecular formula is C13H7ClF3N3OS. The Morgan fingerprint density at radius 3 is 2.68 bits per heavy atom. The number of hydrogen-bond donors (Lipinski definition) is 1. The first kappa shape index (κ1) is 14.9. The zero-order valence-electron chi connectivity index (χ0n) is 10.7. The van der Waals surface area contributed by atoms with Crippen LogP contribution < -0.4 is 10.5 Å². The van der Waals surface area contributed by atoms with Crippen LogP contribution in [-0.2, 0) is 6.18 Å². The van der Waals surface area contributed by atoms with Crippen LogP contribution in [-0.4, -0.2) is 9.97 Å². The van der Waals surface area contributed by atoms with Gasteiger partial charge in [-0.05, 0) is 18.2 Å². The third-order valence-corrected chi connectivity index (χ3v) is 3.84. The van der Waals surface area contributed by atoms with E-state index in [1.165, 1.54) is 11.3 Å². The second-order valence-corrected chi connectivity index (χ2v) is 5.76. The molecule has 114 valence electrons. The highest BCUT2D eigenvalue weighted by molar-refractivity contribution is 7.22. The van der Waals surface area contributed by atoms with E-state index in [0.29, 0.717) is 22.6 Å². The number of ether oxygens (including phenoxy) is 1. The molecule has 0 bridgehead atoms. The van der Waals surface area contributed by atoms with Crippen LogP contribution in [0.15, 0.2) is 30.5 Å². The van der Waals surface area contributed by atoms with Gasteiger partial charge in [0.25, 0.3) is 0 Å². The van der Waals surface area contributed by atoms with E-state index in [2.05, 4.69) is 9.97 Å². The number of alkyl halides is 3. The number of thiazole rings is 1. The number of nitrogens with two attached hydrogens (primary N) is 1. The molecule has 0 amide bonds. The highest BCUT2D eigenvalue weighted by Gasteiger charge is 2.31. The lowest BCUT2D eigenvalue weighted by Gasteiger charge is -2.10. The Morgan fingerprint density at radius 2 is 2.00 bits per heavy atom. The fourth-order valence-corrected chi connectivity index (χ4v) is 2.72. The predicted molar refractivity (Wildman–Crippen MR) is 78.4 cm³/mol. The van der Waals surface area contributed by atoms with E-state index in [1.807, 2.05) is 0 Å². The molecule has 3 rings (SSSR count). The molecule has 0 aliphatic rings. The summed E-state index contributed by atoms with van der Waals surface area (Å²) in [4.78, 5) is 7.71. The monoisotopic (exact) mass is 345 g/mol.